The lowest BCUT2D eigenvalue weighted by atomic mass is 10.1. The van der Waals surface area contributed by atoms with Crippen molar-refractivity contribution in [2.75, 3.05) is 25.7 Å². The van der Waals surface area contributed by atoms with E-state index in [0.29, 0.717) is 17.2 Å². The average molecular weight is 376 g/mol. The SMILES string of the molecule is CNN(C(Cc1ccccc1)=NCC(O)OC)c1ccc(S(N)=O)cc1. The van der Waals surface area contributed by atoms with Crippen LogP contribution in [-0.2, 0) is 22.1 Å². The molecule has 140 valence electrons. The lowest BCUT2D eigenvalue weighted by Crippen LogP contribution is -2.42. The van der Waals surface area contributed by atoms with Gasteiger partial charge in [0, 0.05) is 20.6 Å². The van der Waals surface area contributed by atoms with Gasteiger partial charge in [-0.2, -0.15) is 0 Å². The molecule has 2 aromatic carbocycles. The number of anilines is 1. The van der Waals surface area contributed by atoms with Crippen molar-refractivity contribution in [2.24, 2.45) is 10.1 Å². The highest BCUT2D eigenvalue weighted by atomic mass is 32.2. The molecule has 7 nitrogen and oxygen atoms in total. The molecule has 0 aromatic heterocycles. The second-order valence-corrected chi connectivity index (χ2v) is 6.53. The Balaban J connectivity index is 2.31. The third kappa shape index (κ3) is 5.72. The number of nitrogens with two attached hydrogens (primary N) is 1. The lowest BCUT2D eigenvalue weighted by molar-refractivity contribution is -0.0650. The van der Waals surface area contributed by atoms with E-state index in [1.165, 1.54) is 7.11 Å². The maximum atomic E-state index is 11.4. The summed E-state index contributed by atoms with van der Waals surface area (Å²) < 4.78 is 16.2. The summed E-state index contributed by atoms with van der Waals surface area (Å²) in [6, 6.07) is 16.9. The van der Waals surface area contributed by atoms with E-state index < -0.39 is 17.3 Å². The summed E-state index contributed by atoms with van der Waals surface area (Å²) >= 11 is 0. The number of hydrogen-bond acceptors (Lipinski definition) is 5. The molecule has 0 aliphatic rings. The molecule has 2 aromatic rings. The molecular formula is C18H24N4O3S. The van der Waals surface area contributed by atoms with Crippen LogP contribution in [0.4, 0.5) is 5.69 Å². The molecular weight excluding hydrogens is 352 g/mol. The third-order valence-electron chi connectivity index (χ3n) is 3.72. The summed E-state index contributed by atoms with van der Waals surface area (Å²) in [5.74, 6) is 0.705. The number of rotatable bonds is 8. The Bertz CT molecular complexity index is 738. The highest BCUT2D eigenvalue weighted by Crippen LogP contribution is 2.17. The quantitative estimate of drug-likeness (QED) is 0.278. The van der Waals surface area contributed by atoms with Gasteiger partial charge in [-0.15, -0.1) is 0 Å². The van der Waals surface area contributed by atoms with Gasteiger partial charge >= 0.3 is 0 Å². The van der Waals surface area contributed by atoms with Crippen LogP contribution in [0.5, 0.6) is 0 Å². The van der Waals surface area contributed by atoms with Crippen molar-refractivity contribution in [1.82, 2.24) is 5.43 Å². The normalized spacial score (nSPS) is 14.1. The highest BCUT2D eigenvalue weighted by Gasteiger charge is 2.14. The molecule has 0 spiro atoms. The van der Waals surface area contributed by atoms with E-state index in [9.17, 15) is 9.32 Å². The Kier molecular flexibility index (Phi) is 7.89. The van der Waals surface area contributed by atoms with E-state index in [0.717, 1.165) is 11.3 Å². The zero-order chi connectivity index (χ0) is 18.9. The summed E-state index contributed by atoms with van der Waals surface area (Å²) in [5.41, 5.74) is 4.99. The Morgan fingerprint density at radius 2 is 1.92 bits per heavy atom. The molecule has 0 heterocycles. The highest BCUT2D eigenvalue weighted by molar-refractivity contribution is 7.82. The number of aliphatic hydroxyl groups excluding tert-OH is 1. The molecule has 0 saturated heterocycles. The van der Waals surface area contributed by atoms with Crippen molar-refractivity contribution in [3.63, 3.8) is 0 Å². The second kappa shape index (κ2) is 10.1. The maximum absolute atomic E-state index is 11.4. The minimum absolute atomic E-state index is 0.113. The Morgan fingerprint density at radius 1 is 1.27 bits per heavy atom. The Labute approximate surface area is 156 Å². The molecule has 2 atom stereocenters. The predicted molar refractivity (Wildman–Crippen MR) is 104 cm³/mol. The standard InChI is InChI=1S/C18H24N4O3S/c1-20-22(15-8-10-16(11-9-15)26(19)24)17(21-13-18(23)25-2)12-14-6-4-3-5-7-14/h3-11,18,20,23H,12-13,19H2,1-2H3. The number of nitrogens with one attached hydrogen (secondary N) is 1. The van der Waals surface area contributed by atoms with Crippen LogP contribution in [0.15, 0.2) is 64.5 Å². The molecule has 0 bridgehead atoms. The fourth-order valence-corrected chi connectivity index (χ4v) is 2.78. The van der Waals surface area contributed by atoms with Crippen molar-refractivity contribution in [2.45, 2.75) is 17.6 Å². The Morgan fingerprint density at radius 3 is 2.46 bits per heavy atom. The zero-order valence-corrected chi connectivity index (χ0v) is 15.6. The number of aliphatic hydroxyl groups is 1. The van der Waals surface area contributed by atoms with Gasteiger partial charge in [0.05, 0.1) is 17.1 Å². The summed E-state index contributed by atoms with van der Waals surface area (Å²) in [6.45, 7) is 0.113. The fourth-order valence-electron chi connectivity index (χ4n) is 2.38. The molecule has 0 amide bonds. The van der Waals surface area contributed by atoms with Gasteiger partial charge in [0.1, 0.15) is 16.8 Å². The molecule has 0 radical (unpaired) electrons. The number of ether oxygens (including phenoxy) is 1. The number of amidine groups is 1. The smallest absolute Gasteiger partial charge is 0.173 e. The van der Waals surface area contributed by atoms with Crippen molar-refractivity contribution in [3.05, 3.63) is 60.2 Å². The van der Waals surface area contributed by atoms with Gasteiger partial charge in [-0.25, -0.2) is 14.8 Å². The van der Waals surface area contributed by atoms with E-state index in [-0.39, 0.29) is 6.54 Å². The van der Waals surface area contributed by atoms with E-state index in [1.807, 2.05) is 42.5 Å². The first kappa shape index (κ1) is 20.2. The van der Waals surface area contributed by atoms with Gasteiger partial charge in [0.2, 0.25) is 0 Å². The maximum Gasteiger partial charge on any atom is 0.173 e. The first-order valence-corrected chi connectivity index (χ1v) is 9.28. The molecule has 8 heteroatoms. The number of hydrazine groups is 1. The van der Waals surface area contributed by atoms with Gasteiger partial charge < -0.3 is 9.84 Å². The molecule has 0 aliphatic carbocycles. The average Bonchev–Trinajstić information content (AvgIpc) is 2.67. The van der Waals surface area contributed by atoms with Crippen molar-refractivity contribution < 1.29 is 14.1 Å². The predicted octanol–water partition coefficient (Wildman–Crippen LogP) is 1.21. The third-order valence-corrected chi connectivity index (χ3v) is 4.45. The number of benzene rings is 2. The fraction of sp³-hybridized carbons (Fsp3) is 0.278. The summed E-state index contributed by atoms with van der Waals surface area (Å²) in [4.78, 5) is 5.06. The first-order chi connectivity index (χ1) is 12.5. The van der Waals surface area contributed by atoms with Crippen LogP contribution in [0.2, 0.25) is 0 Å². The topological polar surface area (TPSA) is 100 Å². The summed E-state index contributed by atoms with van der Waals surface area (Å²) in [7, 11) is 1.68. The largest absolute Gasteiger partial charge is 0.366 e. The van der Waals surface area contributed by atoms with E-state index in [4.69, 9.17) is 9.88 Å². The monoisotopic (exact) mass is 376 g/mol. The molecule has 2 rings (SSSR count). The van der Waals surface area contributed by atoms with Crippen LogP contribution in [0.1, 0.15) is 5.56 Å². The molecule has 4 N–H and O–H groups in total. The van der Waals surface area contributed by atoms with Crippen LogP contribution >= 0.6 is 0 Å². The van der Waals surface area contributed by atoms with Crippen LogP contribution in [0, 0.1) is 0 Å². The number of aliphatic imine (C=N–C) groups is 1. The van der Waals surface area contributed by atoms with E-state index in [1.54, 1.807) is 24.2 Å². The Hall–Kier alpha value is -2.10. The van der Waals surface area contributed by atoms with Gasteiger partial charge in [-0.3, -0.25) is 10.0 Å². The summed E-state index contributed by atoms with van der Waals surface area (Å²) in [6.07, 6.45) is -0.413. The number of methoxy groups -OCH3 is 1. The minimum Gasteiger partial charge on any atom is -0.366 e. The van der Waals surface area contributed by atoms with E-state index in [2.05, 4.69) is 10.4 Å². The van der Waals surface area contributed by atoms with Gasteiger partial charge in [0.15, 0.2) is 6.29 Å². The van der Waals surface area contributed by atoms with Gasteiger partial charge in [-0.05, 0) is 29.8 Å². The van der Waals surface area contributed by atoms with Crippen LogP contribution in [0.3, 0.4) is 0 Å². The van der Waals surface area contributed by atoms with Crippen LogP contribution in [0.25, 0.3) is 0 Å². The minimum atomic E-state index is -1.52. The van der Waals surface area contributed by atoms with E-state index >= 15 is 0 Å². The molecule has 0 fully saturated rings. The van der Waals surface area contributed by atoms with Crippen molar-refractivity contribution in [1.29, 1.82) is 0 Å². The lowest BCUT2D eigenvalue weighted by Gasteiger charge is -2.26. The molecule has 2 unspecified atom stereocenters. The number of nitrogens with zero attached hydrogens (tertiary/aromatic N) is 2. The van der Waals surface area contributed by atoms with Crippen LogP contribution in [-0.4, -0.2) is 42.1 Å². The van der Waals surface area contributed by atoms with Crippen molar-refractivity contribution >= 4 is 22.5 Å². The molecule has 0 aliphatic heterocycles. The van der Waals surface area contributed by atoms with Gasteiger partial charge in [-0.1, -0.05) is 30.3 Å². The second-order valence-electron chi connectivity index (χ2n) is 5.46. The zero-order valence-electron chi connectivity index (χ0n) is 14.8. The molecule has 26 heavy (non-hydrogen) atoms. The number of hydrogen-bond donors (Lipinski definition) is 3. The summed E-state index contributed by atoms with van der Waals surface area (Å²) in [5, 5.41) is 16.9. The molecule has 0 saturated carbocycles. The van der Waals surface area contributed by atoms with Gasteiger partial charge in [0.25, 0.3) is 0 Å². The first-order valence-electron chi connectivity index (χ1n) is 8.07. The van der Waals surface area contributed by atoms with Crippen LogP contribution < -0.4 is 15.6 Å². The van der Waals surface area contributed by atoms with Crippen molar-refractivity contribution in [3.8, 4) is 0 Å².